The Balaban J connectivity index is 2.67. The molecule has 0 aliphatic heterocycles. The summed E-state index contributed by atoms with van der Waals surface area (Å²) in [4.78, 5) is 22.9. The van der Waals surface area contributed by atoms with Gasteiger partial charge in [-0.3, -0.25) is 9.59 Å². The van der Waals surface area contributed by atoms with Crippen LogP contribution in [-0.2, 0) is 14.3 Å². The number of nitrogens with one attached hydrogen (secondary N) is 1. The summed E-state index contributed by atoms with van der Waals surface area (Å²) >= 11 is 5.81. The Kier molecular flexibility index (Phi) is 7.19. The van der Waals surface area contributed by atoms with Crippen molar-refractivity contribution in [2.75, 3.05) is 7.11 Å². The summed E-state index contributed by atoms with van der Waals surface area (Å²) in [5.74, 6) is -1.17. The van der Waals surface area contributed by atoms with Crippen LogP contribution in [0.5, 0.6) is 0 Å². The maximum absolute atomic E-state index is 11.9. The number of rotatable bonds is 8. The smallest absolute Gasteiger partial charge is 0.305 e. The van der Waals surface area contributed by atoms with E-state index in [0.717, 1.165) is 5.56 Å². The van der Waals surface area contributed by atoms with Crippen LogP contribution in [0.2, 0.25) is 5.02 Å². The molecule has 1 aromatic rings. The Morgan fingerprint density at radius 3 is 2.48 bits per heavy atom. The Hall–Kier alpha value is -1.59. The first-order valence-corrected chi connectivity index (χ1v) is 7.09. The predicted octanol–water partition coefficient (Wildman–Crippen LogP) is 2.79. The number of hydrogen-bond donors (Lipinski definition) is 2. The van der Waals surface area contributed by atoms with Crippen molar-refractivity contribution in [1.29, 1.82) is 0 Å². The average Bonchev–Trinajstić information content (AvgIpc) is 2.44. The van der Waals surface area contributed by atoms with E-state index in [0.29, 0.717) is 17.9 Å². The number of carboxylic acids is 1. The molecular formula is C15H20ClNO4. The number of aliphatic carboxylic acids is 1. The highest BCUT2D eigenvalue weighted by Gasteiger charge is 2.18. The Morgan fingerprint density at radius 2 is 1.95 bits per heavy atom. The molecule has 1 rings (SSSR count). The molecule has 6 heteroatoms. The van der Waals surface area contributed by atoms with Crippen LogP contribution in [0.3, 0.4) is 0 Å². The van der Waals surface area contributed by atoms with E-state index in [1.807, 2.05) is 6.92 Å². The molecule has 0 heterocycles. The third-order valence-electron chi connectivity index (χ3n) is 3.17. The molecule has 2 atom stereocenters. The van der Waals surface area contributed by atoms with Gasteiger partial charge in [0.25, 0.3) is 0 Å². The molecule has 0 spiro atoms. The standard InChI is InChI=1S/C15H20ClNO4/c1-10(21-2)3-8-14(18)17-13(9-15(19)20)11-4-6-12(16)7-5-11/h4-7,10,13H,3,8-9H2,1-2H3,(H,17,18)(H,19,20)/t10?,13-/m0/s1. The van der Waals surface area contributed by atoms with Gasteiger partial charge in [-0.2, -0.15) is 0 Å². The quantitative estimate of drug-likeness (QED) is 0.774. The number of amides is 1. The molecule has 5 nitrogen and oxygen atoms in total. The lowest BCUT2D eigenvalue weighted by atomic mass is 10.0. The van der Waals surface area contributed by atoms with E-state index >= 15 is 0 Å². The summed E-state index contributed by atoms with van der Waals surface area (Å²) in [5, 5.41) is 12.3. The fourth-order valence-corrected chi connectivity index (χ4v) is 1.97. The van der Waals surface area contributed by atoms with Crippen molar-refractivity contribution in [1.82, 2.24) is 5.32 Å². The summed E-state index contributed by atoms with van der Waals surface area (Å²) in [6.07, 6.45) is 0.693. The first-order chi connectivity index (χ1) is 9.92. The predicted molar refractivity (Wildman–Crippen MR) is 80.3 cm³/mol. The third-order valence-corrected chi connectivity index (χ3v) is 3.42. The number of ether oxygens (including phenoxy) is 1. The van der Waals surface area contributed by atoms with Gasteiger partial charge in [0.05, 0.1) is 18.6 Å². The molecule has 0 fully saturated rings. The van der Waals surface area contributed by atoms with Crippen LogP contribution >= 0.6 is 11.6 Å². The lowest BCUT2D eigenvalue weighted by molar-refractivity contribution is -0.137. The second-order valence-electron chi connectivity index (χ2n) is 4.85. The minimum atomic E-state index is -0.972. The molecule has 1 amide bonds. The topological polar surface area (TPSA) is 75.6 Å². The molecule has 116 valence electrons. The van der Waals surface area contributed by atoms with E-state index in [1.165, 1.54) is 0 Å². The van der Waals surface area contributed by atoms with Gasteiger partial charge in [-0.15, -0.1) is 0 Å². The minimum absolute atomic E-state index is 0.00999. The fourth-order valence-electron chi connectivity index (χ4n) is 1.84. The van der Waals surface area contributed by atoms with E-state index in [4.69, 9.17) is 21.4 Å². The van der Waals surface area contributed by atoms with Crippen LogP contribution < -0.4 is 5.32 Å². The lowest BCUT2D eigenvalue weighted by Gasteiger charge is -2.18. The second-order valence-corrected chi connectivity index (χ2v) is 5.29. The SMILES string of the molecule is COC(C)CCC(=O)N[C@@H](CC(=O)O)c1ccc(Cl)cc1. The second kappa shape index (κ2) is 8.64. The molecule has 1 unspecified atom stereocenters. The first kappa shape index (κ1) is 17.5. The van der Waals surface area contributed by atoms with Gasteiger partial charge >= 0.3 is 5.97 Å². The molecule has 0 radical (unpaired) electrons. The molecule has 0 saturated carbocycles. The molecule has 0 aromatic heterocycles. The van der Waals surface area contributed by atoms with E-state index in [1.54, 1.807) is 31.4 Å². The minimum Gasteiger partial charge on any atom is -0.481 e. The van der Waals surface area contributed by atoms with Crippen LogP contribution in [-0.4, -0.2) is 30.2 Å². The molecular weight excluding hydrogens is 294 g/mol. The summed E-state index contributed by atoms with van der Waals surface area (Å²) in [6, 6.07) is 6.21. The third kappa shape index (κ3) is 6.60. The molecule has 0 bridgehead atoms. The zero-order valence-electron chi connectivity index (χ0n) is 12.1. The van der Waals surface area contributed by atoms with Crippen molar-refractivity contribution in [3.8, 4) is 0 Å². The number of carboxylic acid groups (broad SMARTS) is 1. The van der Waals surface area contributed by atoms with Gasteiger partial charge in [0.1, 0.15) is 0 Å². The van der Waals surface area contributed by atoms with Crippen molar-refractivity contribution in [2.24, 2.45) is 0 Å². The number of hydrogen-bond acceptors (Lipinski definition) is 3. The summed E-state index contributed by atoms with van der Waals surface area (Å²) in [5.41, 5.74) is 0.718. The van der Waals surface area contributed by atoms with Gasteiger partial charge in [0, 0.05) is 18.6 Å². The number of halogens is 1. The van der Waals surface area contributed by atoms with Crippen LogP contribution in [0.1, 0.15) is 37.8 Å². The van der Waals surface area contributed by atoms with E-state index in [2.05, 4.69) is 5.32 Å². The van der Waals surface area contributed by atoms with Crippen molar-refractivity contribution in [3.05, 3.63) is 34.9 Å². The fraction of sp³-hybridized carbons (Fsp3) is 0.467. The molecule has 0 saturated heterocycles. The maximum Gasteiger partial charge on any atom is 0.305 e. The van der Waals surface area contributed by atoms with Crippen molar-refractivity contribution in [3.63, 3.8) is 0 Å². The van der Waals surface area contributed by atoms with Crippen LogP contribution in [0.15, 0.2) is 24.3 Å². The van der Waals surface area contributed by atoms with E-state index < -0.39 is 12.0 Å². The summed E-state index contributed by atoms with van der Waals surface area (Å²) in [7, 11) is 1.59. The normalized spacial score (nSPS) is 13.5. The zero-order valence-corrected chi connectivity index (χ0v) is 12.9. The summed E-state index contributed by atoms with van der Waals surface area (Å²) < 4.78 is 5.08. The Morgan fingerprint density at radius 1 is 1.33 bits per heavy atom. The van der Waals surface area contributed by atoms with Crippen molar-refractivity contribution < 1.29 is 19.4 Å². The van der Waals surface area contributed by atoms with E-state index in [9.17, 15) is 9.59 Å². The number of methoxy groups -OCH3 is 1. The average molecular weight is 314 g/mol. The molecule has 2 N–H and O–H groups in total. The lowest BCUT2D eigenvalue weighted by Crippen LogP contribution is -2.30. The van der Waals surface area contributed by atoms with Crippen LogP contribution in [0.25, 0.3) is 0 Å². The molecule has 0 aliphatic carbocycles. The van der Waals surface area contributed by atoms with Gasteiger partial charge in [-0.25, -0.2) is 0 Å². The van der Waals surface area contributed by atoms with Gasteiger partial charge in [-0.1, -0.05) is 23.7 Å². The zero-order chi connectivity index (χ0) is 15.8. The highest BCUT2D eigenvalue weighted by atomic mass is 35.5. The van der Waals surface area contributed by atoms with Crippen molar-refractivity contribution >= 4 is 23.5 Å². The molecule has 1 aromatic carbocycles. The number of benzene rings is 1. The largest absolute Gasteiger partial charge is 0.481 e. The van der Waals surface area contributed by atoms with E-state index in [-0.39, 0.29) is 18.4 Å². The number of carbonyl (C=O) groups is 2. The number of carbonyl (C=O) groups excluding carboxylic acids is 1. The first-order valence-electron chi connectivity index (χ1n) is 6.71. The summed E-state index contributed by atoms with van der Waals surface area (Å²) in [6.45, 7) is 1.88. The molecule has 0 aliphatic rings. The monoisotopic (exact) mass is 313 g/mol. The van der Waals surface area contributed by atoms with Crippen LogP contribution in [0.4, 0.5) is 0 Å². The van der Waals surface area contributed by atoms with Crippen molar-refractivity contribution in [2.45, 2.75) is 38.3 Å². The van der Waals surface area contributed by atoms with Gasteiger partial charge in [-0.05, 0) is 31.0 Å². The van der Waals surface area contributed by atoms with Gasteiger partial charge < -0.3 is 15.2 Å². The Bertz CT molecular complexity index is 475. The highest BCUT2D eigenvalue weighted by Crippen LogP contribution is 2.20. The highest BCUT2D eigenvalue weighted by molar-refractivity contribution is 6.30. The molecule has 21 heavy (non-hydrogen) atoms. The van der Waals surface area contributed by atoms with Gasteiger partial charge in [0.2, 0.25) is 5.91 Å². The maximum atomic E-state index is 11.9. The Labute approximate surface area is 129 Å². The van der Waals surface area contributed by atoms with Crippen LogP contribution in [0, 0.1) is 0 Å². The van der Waals surface area contributed by atoms with Gasteiger partial charge in [0.15, 0.2) is 0 Å².